The standard InChI is InChI=1S/C19H18BrF3N2O4/c1-12(2-3-13-4-6-14(20)7-5-13)24-18(26)16-10-15(29-11-19(21,22)23)8-9-17(16)25(27)28/h4-10,12H,2-3,11H2,1H3,(H,24,26). The van der Waals surface area contributed by atoms with Crippen molar-refractivity contribution in [3.63, 3.8) is 0 Å². The van der Waals surface area contributed by atoms with E-state index in [1.807, 2.05) is 24.3 Å². The Morgan fingerprint density at radius 1 is 1.24 bits per heavy atom. The largest absolute Gasteiger partial charge is 0.484 e. The maximum absolute atomic E-state index is 12.5. The van der Waals surface area contributed by atoms with Gasteiger partial charge in [-0.3, -0.25) is 14.9 Å². The van der Waals surface area contributed by atoms with Gasteiger partial charge in [0.05, 0.1) is 4.92 Å². The Labute approximate surface area is 173 Å². The SMILES string of the molecule is CC(CCc1ccc(Br)cc1)NC(=O)c1cc(OCC(F)(F)F)ccc1[N+](=O)[O-]. The van der Waals surface area contributed by atoms with Crippen molar-refractivity contribution in [3.05, 3.63) is 68.2 Å². The molecule has 29 heavy (non-hydrogen) atoms. The Morgan fingerprint density at radius 2 is 1.90 bits per heavy atom. The maximum Gasteiger partial charge on any atom is 0.422 e. The lowest BCUT2D eigenvalue weighted by Gasteiger charge is -2.15. The number of amides is 1. The molecule has 1 atom stereocenters. The number of hydrogen-bond acceptors (Lipinski definition) is 4. The molecule has 0 radical (unpaired) electrons. The number of halogens is 4. The minimum absolute atomic E-state index is 0.277. The molecule has 1 unspecified atom stereocenters. The van der Waals surface area contributed by atoms with Crippen molar-refractivity contribution in [1.82, 2.24) is 5.32 Å². The topological polar surface area (TPSA) is 81.5 Å². The lowest BCUT2D eigenvalue weighted by molar-refractivity contribution is -0.385. The van der Waals surface area contributed by atoms with E-state index < -0.39 is 29.3 Å². The van der Waals surface area contributed by atoms with Crippen LogP contribution in [0.2, 0.25) is 0 Å². The summed E-state index contributed by atoms with van der Waals surface area (Å²) in [7, 11) is 0. The van der Waals surface area contributed by atoms with E-state index in [2.05, 4.69) is 26.0 Å². The van der Waals surface area contributed by atoms with E-state index >= 15 is 0 Å². The van der Waals surface area contributed by atoms with E-state index in [9.17, 15) is 28.1 Å². The number of alkyl halides is 3. The van der Waals surface area contributed by atoms with Crippen LogP contribution in [0.25, 0.3) is 0 Å². The van der Waals surface area contributed by atoms with Gasteiger partial charge in [-0.15, -0.1) is 0 Å². The van der Waals surface area contributed by atoms with Crippen molar-refractivity contribution >= 4 is 27.5 Å². The molecule has 0 aromatic heterocycles. The summed E-state index contributed by atoms with van der Waals surface area (Å²) in [5, 5.41) is 13.8. The van der Waals surface area contributed by atoms with Gasteiger partial charge in [0, 0.05) is 16.6 Å². The van der Waals surface area contributed by atoms with E-state index in [0.29, 0.717) is 12.8 Å². The van der Waals surface area contributed by atoms with Crippen LogP contribution >= 0.6 is 15.9 Å². The van der Waals surface area contributed by atoms with Crippen molar-refractivity contribution in [1.29, 1.82) is 0 Å². The highest BCUT2D eigenvalue weighted by atomic mass is 79.9. The van der Waals surface area contributed by atoms with Crippen LogP contribution in [0.3, 0.4) is 0 Å². The molecule has 0 bridgehead atoms. The fourth-order valence-electron chi connectivity index (χ4n) is 2.52. The number of rotatable bonds is 8. The molecule has 0 aliphatic carbocycles. The number of ether oxygens (including phenoxy) is 1. The number of benzene rings is 2. The van der Waals surface area contributed by atoms with Crippen LogP contribution in [0, 0.1) is 10.1 Å². The minimum atomic E-state index is -4.56. The summed E-state index contributed by atoms with van der Waals surface area (Å²) >= 11 is 3.35. The van der Waals surface area contributed by atoms with Crippen molar-refractivity contribution < 1.29 is 27.6 Å². The molecule has 2 aromatic rings. The van der Waals surface area contributed by atoms with E-state index in [1.165, 1.54) is 0 Å². The van der Waals surface area contributed by atoms with Gasteiger partial charge in [-0.2, -0.15) is 13.2 Å². The number of aryl methyl sites for hydroxylation is 1. The molecule has 1 amide bonds. The van der Waals surface area contributed by atoms with E-state index in [-0.39, 0.29) is 17.4 Å². The van der Waals surface area contributed by atoms with E-state index in [0.717, 1.165) is 28.2 Å². The first-order valence-electron chi connectivity index (χ1n) is 8.58. The lowest BCUT2D eigenvalue weighted by Crippen LogP contribution is -2.33. The highest BCUT2D eigenvalue weighted by Gasteiger charge is 2.29. The highest BCUT2D eigenvalue weighted by Crippen LogP contribution is 2.26. The van der Waals surface area contributed by atoms with Crippen molar-refractivity contribution in [3.8, 4) is 5.75 Å². The molecule has 6 nitrogen and oxygen atoms in total. The highest BCUT2D eigenvalue weighted by molar-refractivity contribution is 9.10. The molecular formula is C19H18BrF3N2O4. The fourth-order valence-corrected chi connectivity index (χ4v) is 2.78. The van der Waals surface area contributed by atoms with Gasteiger partial charge in [-0.1, -0.05) is 28.1 Å². The molecule has 10 heteroatoms. The minimum Gasteiger partial charge on any atom is -0.484 e. The van der Waals surface area contributed by atoms with Crippen LogP contribution in [0.4, 0.5) is 18.9 Å². The molecule has 0 spiro atoms. The smallest absolute Gasteiger partial charge is 0.422 e. The molecule has 2 aromatic carbocycles. The summed E-state index contributed by atoms with van der Waals surface area (Å²) in [6.45, 7) is 0.183. The number of nitro benzene ring substituents is 1. The number of hydrogen-bond donors (Lipinski definition) is 1. The third-order valence-electron chi connectivity index (χ3n) is 3.97. The van der Waals surface area contributed by atoms with Crippen LogP contribution in [0.1, 0.15) is 29.3 Å². The van der Waals surface area contributed by atoms with Gasteiger partial charge in [0.1, 0.15) is 11.3 Å². The Balaban J connectivity index is 2.06. The van der Waals surface area contributed by atoms with Gasteiger partial charge in [0.25, 0.3) is 11.6 Å². The van der Waals surface area contributed by atoms with E-state index in [4.69, 9.17) is 0 Å². The Bertz CT molecular complexity index is 873. The normalized spacial score (nSPS) is 12.3. The van der Waals surface area contributed by atoms with Gasteiger partial charge in [0.15, 0.2) is 6.61 Å². The van der Waals surface area contributed by atoms with Gasteiger partial charge < -0.3 is 10.1 Å². The quantitative estimate of drug-likeness (QED) is 0.428. The molecule has 0 heterocycles. The predicted octanol–water partition coefficient (Wildman–Crippen LogP) is 5.05. The van der Waals surface area contributed by atoms with Gasteiger partial charge >= 0.3 is 6.18 Å². The zero-order valence-corrected chi connectivity index (χ0v) is 16.9. The summed E-state index contributed by atoms with van der Waals surface area (Å²) in [6.07, 6.45) is -3.32. The monoisotopic (exact) mass is 474 g/mol. The molecule has 156 valence electrons. The number of nitrogens with one attached hydrogen (secondary N) is 1. The van der Waals surface area contributed by atoms with Gasteiger partial charge in [0.2, 0.25) is 0 Å². The first-order chi connectivity index (χ1) is 13.5. The molecule has 0 fully saturated rings. The second-order valence-corrected chi connectivity index (χ2v) is 7.30. The summed E-state index contributed by atoms with van der Waals surface area (Å²) in [4.78, 5) is 22.9. The van der Waals surface area contributed by atoms with Crippen LogP contribution in [-0.4, -0.2) is 29.7 Å². The van der Waals surface area contributed by atoms with Gasteiger partial charge in [-0.05, 0) is 49.6 Å². The summed E-state index contributed by atoms with van der Waals surface area (Å²) in [6, 6.07) is 10.3. The summed E-state index contributed by atoms with van der Waals surface area (Å²) in [5.74, 6) is -1.03. The zero-order chi connectivity index (χ0) is 21.6. The number of nitro groups is 1. The molecule has 0 saturated carbocycles. The van der Waals surface area contributed by atoms with Gasteiger partial charge in [-0.25, -0.2) is 0 Å². The Hall–Kier alpha value is -2.62. The third-order valence-corrected chi connectivity index (χ3v) is 4.50. The Kier molecular flexibility index (Phi) is 7.60. The summed E-state index contributed by atoms with van der Waals surface area (Å²) in [5.41, 5.74) is 0.190. The number of carbonyl (C=O) groups is 1. The number of carbonyl (C=O) groups excluding carboxylic acids is 1. The van der Waals surface area contributed by atoms with Crippen molar-refractivity contribution in [2.24, 2.45) is 0 Å². The van der Waals surface area contributed by atoms with Crippen molar-refractivity contribution in [2.75, 3.05) is 6.61 Å². The molecule has 0 saturated heterocycles. The zero-order valence-electron chi connectivity index (χ0n) is 15.3. The molecule has 2 rings (SSSR count). The Morgan fingerprint density at radius 3 is 2.48 bits per heavy atom. The molecule has 0 aliphatic heterocycles. The van der Waals surface area contributed by atoms with Crippen molar-refractivity contribution in [2.45, 2.75) is 32.0 Å². The fraction of sp³-hybridized carbons (Fsp3) is 0.316. The van der Waals surface area contributed by atoms with Crippen LogP contribution in [0.5, 0.6) is 5.75 Å². The molecule has 1 N–H and O–H groups in total. The molecular weight excluding hydrogens is 457 g/mol. The average Bonchev–Trinajstić information content (AvgIpc) is 2.65. The number of nitrogens with zero attached hydrogens (tertiary/aromatic N) is 1. The van der Waals surface area contributed by atoms with E-state index in [1.54, 1.807) is 6.92 Å². The maximum atomic E-state index is 12.5. The second kappa shape index (κ2) is 9.73. The average molecular weight is 475 g/mol. The van der Waals surface area contributed by atoms with Crippen LogP contribution < -0.4 is 10.1 Å². The predicted molar refractivity (Wildman–Crippen MR) is 104 cm³/mol. The first kappa shape index (κ1) is 22.7. The van der Waals surface area contributed by atoms with Crippen LogP contribution in [0.15, 0.2) is 46.9 Å². The first-order valence-corrected chi connectivity index (χ1v) is 9.38. The van der Waals surface area contributed by atoms with Crippen LogP contribution in [-0.2, 0) is 6.42 Å². The lowest BCUT2D eigenvalue weighted by atomic mass is 10.1. The second-order valence-electron chi connectivity index (χ2n) is 6.38. The summed E-state index contributed by atoms with van der Waals surface area (Å²) < 4.78 is 42.5. The molecule has 0 aliphatic rings. The third kappa shape index (κ3) is 7.37.